The molecule has 0 amide bonds. The lowest BCUT2D eigenvalue weighted by atomic mass is 9.95. The molecule has 1 saturated carbocycles. The number of hydrogen-bond acceptors (Lipinski definition) is 3. The van der Waals surface area contributed by atoms with Gasteiger partial charge < -0.3 is 10.5 Å². The highest BCUT2D eigenvalue weighted by Gasteiger charge is 2.34. The van der Waals surface area contributed by atoms with Crippen molar-refractivity contribution in [3.63, 3.8) is 0 Å². The van der Waals surface area contributed by atoms with Crippen LogP contribution < -0.4 is 5.73 Å². The number of hydrogen-bond donors (Lipinski definition) is 1. The Kier molecular flexibility index (Phi) is 6.09. The quantitative estimate of drug-likeness (QED) is 0.761. The monoisotopic (exact) mass is 256 g/mol. The molecule has 2 N–H and O–H groups in total. The van der Waals surface area contributed by atoms with Gasteiger partial charge in [-0.05, 0) is 59.0 Å². The molecule has 3 unspecified atom stereocenters. The number of rotatable bonds is 7. The molecule has 0 bridgehead atoms. The van der Waals surface area contributed by atoms with Crippen LogP contribution in [-0.4, -0.2) is 42.8 Å². The minimum atomic E-state index is -0.0380. The predicted molar refractivity (Wildman–Crippen MR) is 77.7 cm³/mol. The van der Waals surface area contributed by atoms with Crippen LogP contribution in [0.25, 0.3) is 0 Å². The zero-order valence-corrected chi connectivity index (χ0v) is 12.9. The zero-order chi connectivity index (χ0) is 13.8. The van der Waals surface area contributed by atoms with Crippen LogP contribution in [0.15, 0.2) is 0 Å². The normalized spacial score (nSPS) is 26.8. The molecular formula is C15H32N2O. The first kappa shape index (κ1) is 15.9. The third-order valence-electron chi connectivity index (χ3n) is 4.62. The first-order valence-electron chi connectivity index (χ1n) is 7.46. The molecule has 0 heterocycles. The van der Waals surface area contributed by atoms with Gasteiger partial charge in [-0.15, -0.1) is 0 Å². The van der Waals surface area contributed by atoms with Gasteiger partial charge in [0.1, 0.15) is 0 Å². The van der Waals surface area contributed by atoms with E-state index in [1.54, 1.807) is 7.11 Å². The molecule has 0 aromatic carbocycles. The van der Waals surface area contributed by atoms with Crippen molar-refractivity contribution in [3.8, 4) is 0 Å². The van der Waals surface area contributed by atoms with Gasteiger partial charge in [0.15, 0.2) is 0 Å². The summed E-state index contributed by atoms with van der Waals surface area (Å²) in [7, 11) is 1.81. The average Bonchev–Trinajstić information content (AvgIpc) is 2.77. The standard InChI is InChI=1S/C15H32N2O/c1-6-17(12(2)10-15(3,4)18-5)14-9-7-8-13(14)11-16/h12-14H,6-11,16H2,1-5H3. The average molecular weight is 256 g/mol. The lowest BCUT2D eigenvalue weighted by molar-refractivity contribution is -0.0142. The maximum atomic E-state index is 5.92. The molecule has 1 fully saturated rings. The van der Waals surface area contributed by atoms with E-state index in [1.807, 2.05) is 0 Å². The number of nitrogens with two attached hydrogens (primary N) is 1. The van der Waals surface area contributed by atoms with Crippen LogP contribution in [0, 0.1) is 5.92 Å². The van der Waals surface area contributed by atoms with Gasteiger partial charge in [0, 0.05) is 19.2 Å². The summed E-state index contributed by atoms with van der Waals surface area (Å²) in [5.74, 6) is 0.693. The SMILES string of the molecule is CCN(C(C)CC(C)(C)OC)C1CCCC1CN. The fraction of sp³-hybridized carbons (Fsp3) is 1.00. The van der Waals surface area contributed by atoms with Crippen molar-refractivity contribution in [2.75, 3.05) is 20.2 Å². The highest BCUT2D eigenvalue weighted by molar-refractivity contribution is 4.89. The molecule has 3 nitrogen and oxygen atoms in total. The summed E-state index contributed by atoms with van der Waals surface area (Å²) < 4.78 is 5.57. The molecule has 0 aromatic heterocycles. The summed E-state index contributed by atoms with van der Waals surface area (Å²) in [6.07, 6.45) is 5.03. The van der Waals surface area contributed by atoms with Gasteiger partial charge in [0.05, 0.1) is 5.60 Å². The first-order chi connectivity index (χ1) is 8.45. The van der Waals surface area contributed by atoms with Gasteiger partial charge in [-0.3, -0.25) is 4.90 Å². The summed E-state index contributed by atoms with van der Waals surface area (Å²) in [6.45, 7) is 10.9. The third kappa shape index (κ3) is 3.94. The van der Waals surface area contributed by atoms with E-state index in [1.165, 1.54) is 19.3 Å². The van der Waals surface area contributed by atoms with E-state index >= 15 is 0 Å². The minimum absolute atomic E-state index is 0.0380. The molecule has 1 rings (SSSR count). The fourth-order valence-electron chi connectivity index (χ4n) is 3.51. The Balaban J connectivity index is 2.64. The molecule has 0 radical (unpaired) electrons. The summed E-state index contributed by atoms with van der Waals surface area (Å²) in [4.78, 5) is 2.64. The number of ether oxygens (including phenoxy) is 1. The van der Waals surface area contributed by atoms with Crippen LogP contribution in [0.2, 0.25) is 0 Å². The van der Waals surface area contributed by atoms with Crippen molar-refractivity contribution in [2.45, 2.75) is 71.1 Å². The van der Waals surface area contributed by atoms with Crippen LogP contribution in [-0.2, 0) is 4.74 Å². The third-order valence-corrected chi connectivity index (χ3v) is 4.62. The van der Waals surface area contributed by atoms with Gasteiger partial charge in [0.25, 0.3) is 0 Å². The van der Waals surface area contributed by atoms with E-state index in [9.17, 15) is 0 Å². The van der Waals surface area contributed by atoms with Crippen LogP contribution in [0.5, 0.6) is 0 Å². The van der Waals surface area contributed by atoms with Crippen molar-refractivity contribution in [1.29, 1.82) is 0 Å². The van der Waals surface area contributed by atoms with E-state index in [-0.39, 0.29) is 5.60 Å². The van der Waals surface area contributed by atoms with Crippen LogP contribution in [0.3, 0.4) is 0 Å². The van der Waals surface area contributed by atoms with Gasteiger partial charge >= 0.3 is 0 Å². The molecule has 3 heteroatoms. The number of nitrogens with zero attached hydrogens (tertiary/aromatic N) is 1. The molecule has 1 aliphatic rings. The molecule has 0 aliphatic heterocycles. The Morgan fingerprint density at radius 3 is 2.56 bits per heavy atom. The van der Waals surface area contributed by atoms with Gasteiger partial charge in [-0.2, -0.15) is 0 Å². The largest absolute Gasteiger partial charge is 0.379 e. The van der Waals surface area contributed by atoms with Crippen LogP contribution in [0.1, 0.15) is 53.4 Å². The topological polar surface area (TPSA) is 38.5 Å². The van der Waals surface area contributed by atoms with Gasteiger partial charge in [-0.1, -0.05) is 13.3 Å². The highest BCUT2D eigenvalue weighted by atomic mass is 16.5. The molecule has 1 aliphatic carbocycles. The second-order valence-corrected chi connectivity index (χ2v) is 6.34. The van der Waals surface area contributed by atoms with Crippen molar-refractivity contribution in [1.82, 2.24) is 4.90 Å². The lowest BCUT2D eigenvalue weighted by Gasteiger charge is -2.39. The Morgan fingerprint density at radius 1 is 1.39 bits per heavy atom. The van der Waals surface area contributed by atoms with E-state index in [4.69, 9.17) is 10.5 Å². The fourth-order valence-corrected chi connectivity index (χ4v) is 3.51. The second kappa shape index (κ2) is 6.88. The summed E-state index contributed by atoms with van der Waals surface area (Å²) in [5, 5.41) is 0. The van der Waals surface area contributed by atoms with Gasteiger partial charge in [-0.25, -0.2) is 0 Å². The molecule has 108 valence electrons. The molecule has 18 heavy (non-hydrogen) atoms. The van der Waals surface area contributed by atoms with E-state index in [0.717, 1.165) is 19.5 Å². The summed E-state index contributed by atoms with van der Waals surface area (Å²) in [5.41, 5.74) is 5.88. The minimum Gasteiger partial charge on any atom is -0.379 e. The molecule has 0 saturated heterocycles. The molecular weight excluding hydrogens is 224 g/mol. The number of methoxy groups -OCH3 is 1. The predicted octanol–water partition coefficient (Wildman–Crippen LogP) is 2.64. The van der Waals surface area contributed by atoms with Crippen molar-refractivity contribution < 1.29 is 4.74 Å². The Morgan fingerprint density at radius 2 is 2.06 bits per heavy atom. The Bertz CT molecular complexity index is 243. The van der Waals surface area contributed by atoms with Crippen molar-refractivity contribution in [2.24, 2.45) is 11.7 Å². The molecule has 0 aromatic rings. The maximum Gasteiger partial charge on any atom is 0.0637 e. The molecule has 0 spiro atoms. The van der Waals surface area contributed by atoms with E-state index in [2.05, 4.69) is 32.6 Å². The summed E-state index contributed by atoms with van der Waals surface area (Å²) in [6, 6.07) is 1.24. The van der Waals surface area contributed by atoms with Gasteiger partial charge in [0.2, 0.25) is 0 Å². The van der Waals surface area contributed by atoms with E-state index < -0.39 is 0 Å². The Hall–Kier alpha value is -0.120. The molecule has 3 atom stereocenters. The van der Waals surface area contributed by atoms with Crippen LogP contribution >= 0.6 is 0 Å². The summed E-state index contributed by atoms with van der Waals surface area (Å²) >= 11 is 0. The van der Waals surface area contributed by atoms with Crippen LogP contribution in [0.4, 0.5) is 0 Å². The first-order valence-corrected chi connectivity index (χ1v) is 7.46. The lowest BCUT2D eigenvalue weighted by Crippen LogP contribution is -2.47. The second-order valence-electron chi connectivity index (χ2n) is 6.34. The maximum absolute atomic E-state index is 5.92. The zero-order valence-electron chi connectivity index (χ0n) is 12.9. The van der Waals surface area contributed by atoms with E-state index in [0.29, 0.717) is 18.0 Å². The smallest absolute Gasteiger partial charge is 0.0637 e. The van der Waals surface area contributed by atoms with Crippen molar-refractivity contribution in [3.05, 3.63) is 0 Å². The highest BCUT2D eigenvalue weighted by Crippen LogP contribution is 2.32. The van der Waals surface area contributed by atoms with Crippen molar-refractivity contribution >= 4 is 0 Å². The Labute approximate surface area is 113 Å².